The lowest BCUT2D eigenvalue weighted by Crippen LogP contribution is -2.04. The summed E-state index contributed by atoms with van der Waals surface area (Å²) < 4.78 is 5.60. The van der Waals surface area contributed by atoms with E-state index in [-0.39, 0.29) is 6.10 Å². The molecule has 0 aromatic heterocycles. The van der Waals surface area contributed by atoms with Crippen molar-refractivity contribution in [3.8, 4) is 5.75 Å². The molecule has 0 spiro atoms. The van der Waals surface area contributed by atoms with Crippen LogP contribution in [0.3, 0.4) is 0 Å². The van der Waals surface area contributed by atoms with E-state index in [9.17, 15) is 0 Å². The Balaban J connectivity index is 1.77. The molecule has 0 N–H and O–H groups in total. The second-order valence-corrected chi connectivity index (χ2v) is 5.23. The summed E-state index contributed by atoms with van der Waals surface area (Å²) in [7, 11) is 0. The molecule has 22 heavy (non-hydrogen) atoms. The highest BCUT2D eigenvalue weighted by Gasteiger charge is 1.98. The van der Waals surface area contributed by atoms with Gasteiger partial charge < -0.3 is 9.57 Å². The summed E-state index contributed by atoms with van der Waals surface area (Å²) in [4.78, 5) is 5.20. The van der Waals surface area contributed by atoms with Crippen molar-refractivity contribution in [2.75, 3.05) is 6.61 Å². The topological polar surface area (TPSA) is 30.8 Å². The molecule has 0 radical (unpaired) electrons. The van der Waals surface area contributed by atoms with Gasteiger partial charge >= 0.3 is 0 Å². The quantitative estimate of drug-likeness (QED) is 0.532. The van der Waals surface area contributed by atoms with E-state index in [1.165, 1.54) is 11.1 Å². The van der Waals surface area contributed by atoms with Crippen molar-refractivity contribution in [1.82, 2.24) is 0 Å². The maximum Gasteiger partial charge on any atom is 0.127 e. The van der Waals surface area contributed by atoms with E-state index >= 15 is 0 Å². The fraction of sp³-hybridized carbons (Fsp3) is 0.316. The number of oxime groups is 1. The van der Waals surface area contributed by atoms with Crippen molar-refractivity contribution in [3.63, 3.8) is 0 Å². The Bertz CT molecular complexity index is 564. The van der Waals surface area contributed by atoms with Crippen LogP contribution in [0.5, 0.6) is 5.75 Å². The zero-order valence-corrected chi connectivity index (χ0v) is 13.2. The van der Waals surface area contributed by atoms with Crippen LogP contribution >= 0.6 is 0 Å². The summed E-state index contributed by atoms with van der Waals surface area (Å²) >= 11 is 0. The highest BCUT2D eigenvalue weighted by molar-refractivity contribution is 5.58. The highest BCUT2D eigenvalue weighted by atomic mass is 16.6. The summed E-state index contributed by atoms with van der Waals surface area (Å²) in [6.45, 7) is 4.46. The normalized spacial score (nSPS) is 12.3. The molecule has 0 aliphatic heterocycles. The van der Waals surface area contributed by atoms with E-state index in [1.54, 1.807) is 6.21 Å². The molecule has 2 aromatic carbocycles. The molecule has 116 valence electrons. The SMILES string of the molecule is CCC(C)O/N=C/COc1ccc(Cc2ccccc2)cc1. The third-order valence-corrected chi connectivity index (χ3v) is 3.39. The molecule has 0 amide bonds. The lowest BCUT2D eigenvalue weighted by molar-refractivity contribution is 0.0702. The number of hydrogen-bond acceptors (Lipinski definition) is 3. The van der Waals surface area contributed by atoms with Gasteiger partial charge in [-0.15, -0.1) is 0 Å². The van der Waals surface area contributed by atoms with Crippen LogP contribution in [0.25, 0.3) is 0 Å². The fourth-order valence-electron chi connectivity index (χ4n) is 1.92. The minimum Gasteiger partial charge on any atom is -0.488 e. The molecule has 0 saturated carbocycles. The zero-order valence-electron chi connectivity index (χ0n) is 13.2. The van der Waals surface area contributed by atoms with E-state index in [2.05, 4.69) is 48.5 Å². The molecular weight excluding hydrogens is 274 g/mol. The maximum absolute atomic E-state index is 5.60. The van der Waals surface area contributed by atoms with Gasteiger partial charge in [-0.2, -0.15) is 0 Å². The summed E-state index contributed by atoms with van der Waals surface area (Å²) in [5, 5.41) is 3.88. The molecule has 0 bridgehead atoms. The van der Waals surface area contributed by atoms with Crippen molar-refractivity contribution in [2.24, 2.45) is 5.16 Å². The van der Waals surface area contributed by atoms with Gasteiger partial charge in [-0.3, -0.25) is 0 Å². The molecule has 2 aromatic rings. The van der Waals surface area contributed by atoms with E-state index in [0.29, 0.717) is 6.61 Å². The van der Waals surface area contributed by atoms with Crippen LogP contribution in [0, 0.1) is 0 Å². The third-order valence-electron chi connectivity index (χ3n) is 3.39. The van der Waals surface area contributed by atoms with Gasteiger partial charge in [-0.05, 0) is 43.0 Å². The van der Waals surface area contributed by atoms with Crippen LogP contribution < -0.4 is 4.74 Å². The van der Waals surface area contributed by atoms with E-state index < -0.39 is 0 Å². The Labute approximate surface area is 132 Å². The average Bonchev–Trinajstić information content (AvgIpc) is 2.57. The summed E-state index contributed by atoms with van der Waals surface area (Å²) in [6, 6.07) is 18.6. The van der Waals surface area contributed by atoms with Crippen molar-refractivity contribution in [1.29, 1.82) is 0 Å². The molecule has 0 aliphatic carbocycles. The van der Waals surface area contributed by atoms with Gasteiger partial charge in [0.15, 0.2) is 0 Å². The largest absolute Gasteiger partial charge is 0.488 e. The molecule has 0 aliphatic rings. The molecule has 0 saturated heterocycles. The van der Waals surface area contributed by atoms with Crippen LogP contribution in [-0.2, 0) is 11.3 Å². The Morgan fingerprint density at radius 2 is 1.68 bits per heavy atom. The average molecular weight is 297 g/mol. The molecule has 3 nitrogen and oxygen atoms in total. The third kappa shape index (κ3) is 5.60. The first-order valence-corrected chi connectivity index (χ1v) is 7.71. The Hall–Kier alpha value is -2.29. The highest BCUT2D eigenvalue weighted by Crippen LogP contribution is 2.15. The number of benzene rings is 2. The van der Waals surface area contributed by atoms with Crippen molar-refractivity contribution in [2.45, 2.75) is 32.8 Å². The molecule has 0 fully saturated rings. The van der Waals surface area contributed by atoms with E-state index in [0.717, 1.165) is 18.6 Å². The van der Waals surface area contributed by atoms with E-state index in [4.69, 9.17) is 9.57 Å². The lowest BCUT2D eigenvalue weighted by Gasteiger charge is -2.06. The standard InChI is InChI=1S/C19H23NO2/c1-3-16(2)22-20-13-14-21-19-11-9-18(10-12-19)15-17-7-5-4-6-8-17/h4-13,16H,3,14-15H2,1-2H3/b20-13+. The maximum atomic E-state index is 5.60. The second-order valence-electron chi connectivity index (χ2n) is 5.23. The number of ether oxygens (including phenoxy) is 1. The van der Waals surface area contributed by atoms with E-state index in [1.807, 2.05) is 25.1 Å². The van der Waals surface area contributed by atoms with Crippen molar-refractivity contribution < 1.29 is 9.57 Å². The van der Waals surface area contributed by atoms with Crippen LogP contribution in [-0.4, -0.2) is 18.9 Å². The van der Waals surface area contributed by atoms with Crippen LogP contribution in [0.15, 0.2) is 59.8 Å². The first kappa shape index (κ1) is 16.1. The van der Waals surface area contributed by atoms with Crippen LogP contribution in [0.1, 0.15) is 31.4 Å². The minimum atomic E-state index is 0.147. The van der Waals surface area contributed by atoms with Gasteiger partial charge in [0.25, 0.3) is 0 Å². The monoisotopic (exact) mass is 297 g/mol. The van der Waals surface area contributed by atoms with Gasteiger partial charge in [-0.25, -0.2) is 0 Å². The predicted octanol–water partition coefficient (Wildman–Crippen LogP) is 4.46. The molecule has 1 unspecified atom stereocenters. The van der Waals surface area contributed by atoms with Gasteiger partial charge in [0.1, 0.15) is 18.5 Å². The Kier molecular flexibility index (Phi) is 6.49. The smallest absolute Gasteiger partial charge is 0.127 e. The zero-order chi connectivity index (χ0) is 15.6. The number of rotatable bonds is 8. The second kappa shape index (κ2) is 8.88. The summed E-state index contributed by atoms with van der Waals surface area (Å²) in [5.74, 6) is 0.840. The lowest BCUT2D eigenvalue weighted by atomic mass is 10.1. The van der Waals surface area contributed by atoms with Gasteiger partial charge in [0.05, 0.1) is 6.21 Å². The van der Waals surface area contributed by atoms with Crippen LogP contribution in [0.4, 0.5) is 0 Å². The molecule has 0 heterocycles. The van der Waals surface area contributed by atoms with Gasteiger partial charge in [-0.1, -0.05) is 54.5 Å². The summed E-state index contributed by atoms with van der Waals surface area (Å²) in [6.07, 6.45) is 3.67. The molecule has 1 atom stereocenters. The summed E-state index contributed by atoms with van der Waals surface area (Å²) in [5.41, 5.74) is 2.58. The molecular formula is C19H23NO2. The Morgan fingerprint density at radius 3 is 2.36 bits per heavy atom. The van der Waals surface area contributed by atoms with Crippen LogP contribution in [0.2, 0.25) is 0 Å². The predicted molar refractivity (Wildman–Crippen MR) is 90.5 cm³/mol. The first-order valence-electron chi connectivity index (χ1n) is 7.71. The van der Waals surface area contributed by atoms with Crippen molar-refractivity contribution >= 4 is 6.21 Å². The fourth-order valence-corrected chi connectivity index (χ4v) is 1.92. The Morgan fingerprint density at radius 1 is 1.00 bits per heavy atom. The molecule has 3 heteroatoms. The van der Waals surface area contributed by atoms with Gasteiger partial charge in [0.2, 0.25) is 0 Å². The molecule has 2 rings (SSSR count). The van der Waals surface area contributed by atoms with Gasteiger partial charge in [0, 0.05) is 0 Å². The number of hydrogen-bond donors (Lipinski definition) is 0. The minimum absolute atomic E-state index is 0.147. The number of nitrogens with zero attached hydrogens (tertiary/aromatic N) is 1. The van der Waals surface area contributed by atoms with Crippen molar-refractivity contribution in [3.05, 3.63) is 65.7 Å². The first-order chi connectivity index (χ1) is 10.8.